The van der Waals surface area contributed by atoms with Gasteiger partial charge in [-0.3, -0.25) is 10.1 Å². The van der Waals surface area contributed by atoms with E-state index in [1.807, 2.05) is 0 Å². The van der Waals surface area contributed by atoms with Crippen LogP contribution in [0, 0.1) is 10.1 Å². The van der Waals surface area contributed by atoms with Gasteiger partial charge in [0, 0.05) is 4.92 Å². The summed E-state index contributed by atoms with van der Waals surface area (Å²) < 4.78 is 0. The number of hydrogen-bond acceptors (Lipinski definition) is 5. The molecule has 0 rings (SSSR count). The van der Waals surface area contributed by atoms with Crippen molar-refractivity contribution in [3.8, 4) is 0 Å². The third-order valence-electron chi connectivity index (χ3n) is 0.967. The molecule has 6 heteroatoms. The van der Waals surface area contributed by atoms with Gasteiger partial charge in [0.15, 0.2) is 0 Å². The van der Waals surface area contributed by atoms with E-state index >= 15 is 0 Å². The molecule has 3 N–H and O–H groups in total. The summed E-state index contributed by atoms with van der Waals surface area (Å²) in [6.45, 7) is -1.42. The Hall–Kier alpha value is -0.720. The quantitative estimate of drug-likeness (QED) is 0.317. The lowest BCUT2D eigenvalue weighted by atomic mass is 10.2. The third kappa shape index (κ3) is 3.33. The van der Waals surface area contributed by atoms with Crippen molar-refractivity contribution < 1.29 is 20.2 Å². The zero-order valence-corrected chi connectivity index (χ0v) is 5.17. The molecule has 0 aliphatic heterocycles. The number of hydrogen-bond donors (Lipinski definition) is 3. The molecule has 2 atom stereocenters. The molecule has 0 saturated heterocycles. The van der Waals surface area contributed by atoms with Gasteiger partial charge in [-0.25, -0.2) is 0 Å². The average molecular weight is 151 g/mol. The van der Waals surface area contributed by atoms with Crippen LogP contribution in [0.5, 0.6) is 0 Å². The first-order chi connectivity index (χ1) is 4.57. The number of nitro groups is 1. The van der Waals surface area contributed by atoms with Crippen molar-refractivity contribution in [3.63, 3.8) is 0 Å². The normalized spacial score (nSPS) is 16.3. The van der Waals surface area contributed by atoms with Crippen molar-refractivity contribution in [2.75, 3.05) is 13.2 Å². The zero-order chi connectivity index (χ0) is 8.15. The highest BCUT2D eigenvalue weighted by Gasteiger charge is 2.19. The van der Waals surface area contributed by atoms with Gasteiger partial charge in [-0.2, -0.15) is 0 Å². The highest BCUT2D eigenvalue weighted by molar-refractivity contribution is 4.63. The zero-order valence-electron chi connectivity index (χ0n) is 5.17. The van der Waals surface area contributed by atoms with E-state index in [0.717, 1.165) is 0 Å². The SMILES string of the molecule is O=[N+]([O-])C[C@@H](O)[C@H](O)CO. The van der Waals surface area contributed by atoms with Gasteiger partial charge in [-0.15, -0.1) is 0 Å². The molecule has 0 aromatic rings. The summed E-state index contributed by atoms with van der Waals surface area (Å²) in [4.78, 5) is 8.92. The summed E-state index contributed by atoms with van der Waals surface area (Å²) in [6, 6.07) is 0. The minimum atomic E-state index is -1.49. The highest BCUT2D eigenvalue weighted by atomic mass is 16.6. The second-order valence-corrected chi connectivity index (χ2v) is 1.83. The Morgan fingerprint density at radius 2 is 1.90 bits per heavy atom. The van der Waals surface area contributed by atoms with E-state index in [-0.39, 0.29) is 0 Å². The lowest BCUT2D eigenvalue weighted by Crippen LogP contribution is -2.35. The Bertz CT molecular complexity index is 116. The Morgan fingerprint density at radius 3 is 2.20 bits per heavy atom. The van der Waals surface area contributed by atoms with E-state index in [1.54, 1.807) is 0 Å². The largest absolute Gasteiger partial charge is 0.394 e. The monoisotopic (exact) mass is 151 g/mol. The Morgan fingerprint density at radius 1 is 1.40 bits per heavy atom. The van der Waals surface area contributed by atoms with Gasteiger partial charge in [0.1, 0.15) is 12.2 Å². The van der Waals surface area contributed by atoms with Crippen molar-refractivity contribution in [1.82, 2.24) is 0 Å². The molecule has 0 unspecified atom stereocenters. The Balaban J connectivity index is 3.61. The standard InChI is InChI=1S/C4H9NO5/c6-2-4(8)3(7)1-5(9)10/h3-4,6-8H,1-2H2/t3-,4-/m1/s1. The van der Waals surface area contributed by atoms with Crippen LogP contribution in [0.3, 0.4) is 0 Å². The van der Waals surface area contributed by atoms with Crippen LogP contribution >= 0.6 is 0 Å². The summed E-state index contributed by atoms with van der Waals surface area (Å²) in [5.74, 6) is 0. The van der Waals surface area contributed by atoms with Crippen molar-refractivity contribution in [2.24, 2.45) is 0 Å². The predicted octanol–water partition coefficient (Wildman–Crippen LogP) is -2.02. The first-order valence-electron chi connectivity index (χ1n) is 2.66. The van der Waals surface area contributed by atoms with Crippen molar-refractivity contribution >= 4 is 0 Å². The molecule has 0 aromatic heterocycles. The van der Waals surface area contributed by atoms with Gasteiger partial charge in [-0.05, 0) is 0 Å². The van der Waals surface area contributed by atoms with E-state index in [1.165, 1.54) is 0 Å². The van der Waals surface area contributed by atoms with Crippen LogP contribution in [0.15, 0.2) is 0 Å². The second kappa shape index (κ2) is 4.15. The highest BCUT2D eigenvalue weighted by Crippen LogP contribution is 1.91. The van der Waals surface area contributed by atoms with E-state index in [9.17, 15) is 10.1 Å². The van der Waals surface area contributed by atoms with Gasteiger partial charge in [-0.1, -0.05) is 0 Å². The van der Waals surface area contributed by atoms with Crippen molar-refractivity contribution in [1.29, 1.82) is 0 Å². The first kappa shape index (κ1) is 9.28. The molecule has 0 fully saturated rings. The molecule has 60 valence electrons. The van der Waals surface area contributed by atoms with Crippen molar-refractivity contribution in [2.45, 2.75) is 12.2 Å². The van der Waals surface area contributed by atoms with Crippen LogP contribution in [0.2, 0.25) is 0 Å². The van der Waals surface area contributed by atoms with Gasteiger partial charge < -0.3 is 15.3 Å². The lowest BCUT2D eigenvalue weighted by Gasteiger charge is -2.09. The maximum atomic E-state index is 9.68. The maximum absolute atomic E-state index is 9.68. The Kier molecular flexibility index (Phi) is 3.85. The molecule has 6 nitrogen and oxygen atoms in total. The summed E-state index contributed by atoms with van der Waals surface area (Å²) in [7, 11) is 0. The number of aliphatic hydroxyl groups is 3. The van der Waals surface area contributed by atoms with E-state index in [0.29, 0.717) is 0 Å². The van der Waals surface area contributed by atoms with Crippen LogP contribution in [0.4, 0.5) is 0 Å². The second-order valence-electron chi connectivity index (χ2n) is 1.83. The number of nitrogens with zero attached hydrogens (tertiary/aromatic N) is 1. The number of rotatable bonds is 4. The van der Waals surface area contributed by atoms with Crippen LogP contribution < -0.4 is 0 Å². The average Bonchev–Trinajstić information content (AvgIpc) is 1.85. The first-order valence-corrected chi connectivity index (χ1v) is 2.66. The van der Waals surface area contributed by atoms with E-state index in [2.05, 4.69) is 0 Å². The van der Waals surface area contributed by atoms with Gasteiger partial charge in [0.2, 0.25) is 6.54 Å². The number of aliphatic hydroxyl groups excluding tert-OH is 3. The molecule has 0 bridgehead atoms. The maximum Gasteiger partial charge on any atom is 0.232 e. The predicted molar refractivity (Wildman–Crippen MR) is 31.0 cm³/mol. The smallest absolute Gasteiger partial charge is 0.232 e. The van der Waals surface area contributed by atoms with E-state index in [4.69, 9.17) is 15.3 Å². The van der Waals surface area contributed by atoms with Gasteiger partial charge in [0.25, 0.3) is 0 Å². The van der Waals surface area contributed by atoms with Gasteiger partial charge >= 0.3 is 0 Å². The van der Waals surface area contributed by atoms with Gasteiger partial charge in [0.05, 0.1) is 6.61 Å². The topological polar surface area (TPSA) is 104 Å². The van der Waals surface area contributed by atoms with Crippen LogP contribution in [-0.2, 0) is 0 Å². The fourth-order valence-electron chi connectivity index (χ4n) is 0.396. The molecule has 0 aliphatic carbocycles. The van der Waals surface area contributed by atoms with Crippen LogP contribution in [-0.4, -0.2) is 45.6 Å². The fourth-order valence-corrected chi connectivity index (χ4v) is 0.396. The molecular formula is C4H9NO5. The minimum Gasteiger partial charge on any atom is -0.394 e. The summed E-state index contributed by atoms with van der Waals surface area (Å²) in [5.41, 5.74) is 0. The lowest BCUT2D eigenvalue weighted by molar-refractivity contribution is -0.493. The molecule has 0 heterocycles. The van der Waals surface area contributed by atoms with Crippen molar-refractivity contribution in [3.05, 3.63) is 10.1 Å². The molecule has 0 aromatic carbocycles. The molecular weight excluding hydrogens is 142 g/mol. The minimum absolute atomic E-state index is 0.672. The summed E-state index contributed by atoms with van der Waals surface area (Å²) in [6.07, 6.45) is -2.91. The Labute approximate surface area is 56.9 Å². The van der Waals surface area contributed by atoms with E-state index < -0.39 is 30.3 Å². The summed E-state index contributed by atoms with van der Waals surface area (Å²) in [5, 5.41) is 35.1. The molecule has 0 saturated carbocycles. The van der Waals surface area contributed by atoms with Crippen LogP contribution in [0.1, 0.15) is 0 Å². The summed E-state index contributed by atoms with van der Waals surface area (Å²) >= 11 is 0. The molecule has 10 heavy (non-hydrogen) atoms. The molecule has 0 radical (unpaired) electrons. The third-order valence-corrected chi connectivity index (χ3v) is 0.967. The fraction of sp³-hybridized carbons (Fsp3) is 1.00. The molecule has 0 spiro atoms. The molecule has 0 amide bonds. The molecule has 0 aliphatic rings. The van der Waals surface area contributed by atoms with Crippen LogP contribution in [0.25, 0.3) is 0 Å².